The lowest BCUT2D eigenvalue weighted by Gasteiger charge is -2.24. The molecule has 12 nitrogen and oxygen atoms in total. The Morgan fingerprint density at radius 2 is 0.941 bits per heavy atom. The van der Waals surface area contributed by atoms with Gasteiger partial charge in [0.1, 0.15) is 25.4 Å². The molecule has 0 bridgehead atoms. The Balaban J connectivity index is 0.000000191. The number of aromatic carboxylic acids is 4. The maximum Gasteiger partial charge on any atom is 0.349 e. The van der Waals surface area contributed by atoms with Crippen LogP contribution < -0.4 is 18.9 Å². The summed E-state index contributed by atoms with van der Waals surface area (Å²) in [6.07, 6.45) is 0.849. The van der Waals surface area contributed by atoms with E-state index in [2.05, 4.69) is 0 Å². The summed E-state index contributed by atoms with van der Waals surface area (Å²) in [7, 11) is 0. The van der Waals surface area contributed by atoms with Crippen molar-refractivity contribution < 1.29 is 58.6 Å². The van der Waals surface area contributed by atoms with Gasteiger partial charge in [-0.25, -0.2) is 19.2 Å². The van der Waals surface area contributed by atoms with Crippen LogP contribution in [0.15, 0.2) is 0 Å². The van der Waals surface area contributed by atoms with Gasteiger partial charge < -0.3 is 39.4 Å². The van der Waals surface area contributed by atoms with Crippen LogP contribution in [0, 0.1) is 0 Å². The van der Waals surface area contributed by atoms with Crippen molar-refractivity contribution in [2.24, 2.45) is 0 Å². The lowest BCUT2D eigenvalue weighted by molar-refractivity contribution is 0.0632. The minimum absolute atomic E-state index is 0.0320. The second kappa shape index (κ2) is 10.2. The highest BCUT2D eigenvalue weighted by atomic mass is 32.1. The van der Waals surface area contributed by atoms with Crippen molar-refractivity contribution in [2.75, 3.05) is 13.2 Å². The lowest BCUT2D eigenvalue weighted by atomic mass is 10.2. The summed E-state index contributed by atoms with van der Waals surface area (Å²) in [5.74, 6) is -4.70. The Hall–Kier alpha value is -3.52. The smallest absolute Gasteiger partial charge is 0.349 e. The van der Waals surface area contributed by atoms with E-state index in [1.54, 1.807) is 0 Å². The molecule has 184 valence electrons. The second-order valence-electron chi connectivity index (χ2n) is 6.98. The van der Waals surface area contributed by atoms with E-state index in [1.807, 2.05) is 13.8 Å². The average molecular weight is 517 g/mol. The second-order valence-corrected chi connectivity index (χ2v) is 9.02. The van der Waals surface area contributed by atoms with E-state index in [0.29, 0.717) is 35.5 Å². The van der Waals surface area contributed by atoms with Gasteiger partial charge in [0, 0.05) is 0 Å². The van der Waals surface area contributed by atoms with Gasteiger partial charge in [0.15, 0.2) is 42.5 Å². The Labute approximate surface area is 199 Å². The van der Waals surface area contributed by atoms with Crippen molar-refractivity contribution in [3.8, 4) is 23.0 Å². The molecule has 2 unspecified atom stereocenters. The summed E-state index contributed by atoms with van der Waals surface area (Å²) in [5.41, 5.74) is 0. The molecule has 34 heavy (non-hydrogen) atoms. The number of ether oxygens (including phenoxy) is 4. The number of thiophene rings is 2. The van der Waals surface area contributed by atoms with Gasteiger partial charge in [0.05, 0.1) is 0 Å². The van der Waals surface area contributed by atoms with E-state index in [-0.39, 0.29) is 67.9 Å². The highest BCUT2D eigenvalue weighted by Crippen LogP contribution is 2.46. The van der Waals surface area contributed by atoms with Crippen molar-refractivity contribution in [1.82, 2.24) is 0 Å². The van der Waals surface area contributed by atoms with E-state index in [4.69, 9.17) is 39.4 Å². The van der Waals surface area contributed by atoms with Crippen molar-refractivity contribution in [3.63, 3.8) is 0 Å². The number of hydrogen-bond acceptors (Lipinski definition) is 10. The summed E-state index contributed by atoms with van der Waals surface area (Å²) in [4.78, 5) is 43.3. The SMILES string of the molecule is CCC1COc2c(C(=O)O)sc(C(=O)O)c2O1.CCC1COc2c(C(=O)O)sc(C(=O)O)c2O1. The van der Waals surface area contributed by atoms with Crippen molar-refractivity contribution in [2.45, 2.75) is 38.9 Å². The van der Waals surface area contributed by atoms with Crippen molar-refractivity contribution in [1.29, 1.82) is 0 Å². The first kappa shape index (κ1) is 25.1. The molecule has 0 aromatic carbocycles. The number of hydrogen-bond donors (Lipinski definition) is 4. The molecule has 4 N–H and O–H groups in total. The quantitative estimate of drug-likeness (QED) is 0.439. The van der Waals surface area contributed by atoms with E-state index in [9.17, 15) is 19.2 Å². The predicted octanol–water partition coefficient (Wildman–Crippen LogP) is 3.39. The molecule has 4 rings (SSSR count). The molecule has 14 heteroatoms. The summed E-state index contributed by atoms with van der Waals surface area (Å²) in [5, 5.41) is 35.8. The summed E-state index contributed by atoms with van der Waals surface area (Å²) < 4.78 is 21.5. The molecule has 0 saturated carbocycles. The van der Waals surface area contributed by atoms with Crippen LogP contribution >= 0.6 is 22.7 Å². The third-order valence-electron chi connectivity index (χ3n) is 4.73. The zero-order valence-corrected chi connectivity index (χ0v) is 19.5. The highest BCUT2D eigenvalue weighted by molar-refractivity contribution is 7.17. The van der Waals surface area contributed by atoms with E-state index < -0.39 is 23.9 Å². The minimum atomic E-state index is -1.21. The first-order chi connectivity index (χ1) is 16.1. The lowest BCUT2D eigenvalue weighted by Crippen LogP contribution is -2.28. The topological polar surface area (TPSA) is 186 Å². The minimum Gasteiger partial charge on any atom is -0.484 e. The molecule has 2 aliphatic heterocycles. The Bertz CT molecular complexity index is 1040. The van der Waals surface area contributed by atoms with E-state index >= 15 is 0 Å². The van der Waals surface area contributed by atoms with E-state index in [1.165, 1.54) is 0 Å². The van der Waals surface area contributed by atoms with Gasteiger partial charge in [-0.15, -0.1) is 22.7 Å². The molecular weight excluding hydrogens is 496 g/mol. The molecule has 2 aromatic heterocycles. The van der Waals surface area contributed by atoms with Crippen LogP contribution in [0.5, 0.6) is 23.0 Å². The summed E-state index contributed by atoms with van der Waals surface area (Å²) in [6, 6.07) is 0. The standard InChI is InChI=1S/2C10H10O6S/c2*1-2-4-3-15-5-6(16-4)8(10(13)14)17-7(5)9(11)12/h2*4H,2-3H2,1H3,(H,11,12)(H,13,14). The molecule has 0 fully saturated rings. The zero-order chi connectivity index (χ0) is 25.2. The summed E-state index contributed by atoms with van der Waals surface area (Å²) in [6.45, 7) is 4.23. The van der Waals surface area contributed by atoms with E-state index in [0.717, 1.165) is 0 Å². The van der Waals surface area contributed by atoms with Crippen molar-refractivity contribution in [3.05, 3.63) is 19.5 Å². The molecule has 2 aliphatic rings. The molecule has 0 saturated heterocycles. The van der Waals surface area contributed by atoms with Crippen LogP contribution in [0.4, 0.5) is 0 Å². The van der Waals surface area contributed by atoms with Crippen LogP contribution in [0.1, 0.15) is 65.4 Å². The average Bonchev–Trinajstić information content (AvgIpc) is 3.37. The Kier molecular flexibility index (Phi) is 7.51. The van der Waals surface area contributed by atoms with Gasteiger partial charge in [0.25, 0.3) is 0 Å². The van der Waals surface area contributed by atoms with Crippen LogP contribution in [0.25, 0.3) is 0 Å². The largest absolute Gasteiger partial charge is 0.484 e. The molecule has 0 amide bonds. The highest BCUT2D eigenvalue weighted by Gasteiger charge is 2.35. The van der Waals surface area contributed by atoms with Gasteiger partial charge in [-0.05, 0) is 12.8 Å². The van der Waals surface area contributed by atoms with Crippen LogP contribution in [-0.2, 0) is 0 Å². The number of carboxylic acids is 4. The van der Waals surface area contributed by atoms with Gasteiger partial charge in [0.2, 0.25) is 0 Å². The molecular formula is C20H20O12S2. The molecule has 0 spiro atoms. The zero-order valence-electron chi connectivity index (χ0n) is 17.9. The first-order valence-corrected chi connectivity index (χ1v) is 11.6. The van der Waals surface area contributed by atoms with Gasteiger partial charge >= 0.3 is 23.9 Å². The molecule has 4 heterocycles. The monoisotopic (exact) mass is 516 g/mol. The number of carbonyl (C=O) groups is 4. The van der Waals surface area contributed by atoms with Crippen LogP contribution in [-0.4, -0.2) is 69.7 Å². The van der Waals surface area contributed by atoms with Gasteiger partial charge in [-0.1, -0.05) is 13.8 Å². The van der Waals surface area contributed by atoms with Crippen LogP contribution in [0.2, 0.25) is 0 Å². The fraction of sp³-hybridized carbons (Fsp3) is 0.400. The first-order valence-electron chi connectivity index (χ1n) is 9.94. The fourth-order valence-corrected chi connectivity index (χ4v) is 4.71. The fourth-order valence-electron chi connectivity index (χ4n) is 3.00. The van der Waals surface area contributed by atoms with Gasteiger partial charge in [-0.3, -0.25) is 0 Å². The number of fused-ring (bicyclic) bond motifs is 2. The summed E-state index contributed by atoms with van der Waals surface area (Å²) >= 11 is 1.31. The maximum absolute atomic E-state index is 11.0. The van der Waals surface area contributed by atoms with Crippen LogP contribution in [0.3, 0.4) is 0 Å². The molecule has 0 radical (unpaired) electrons. The number of rotatable bonds is 6. The molecule has 0 aliphatic carbocycles. The normalized spacial score (nSPS) is 17.8. The predicted molar refractivity (Wildman–Crippen MR) is 117 cm³/mol. The third-order valence-corrected chi connectivity index (χ3v) is 6.99. The Morgan fingerprint density at radius 3 is 1.21 bits per heavy atom. The third kappa shape index (κ3) is 4.87. The molecule has 2 aromatic rings. The molecule has 2 atom stereocenters. The number of carboxylic acid groups (broad SMARTS) is 4. The maximum atomic E-state index is 11.0. The van der Waals surface area contributed by atoms with Gasteiger partial charge in [-0.2, -0.15) is 0 Å². The van der Waals surface area contributed by atoms with Crippen molar-refractivity contribution >= 4 is 46.6 Å². The Morgan fingerprint density at radius 1 is 0.647 bits per heavy atom.